The Morgan fingerprint density at radius 3 is 2.52 bits per heavy atom. The highest BCUT2D eigenvalue weighted by molar-refractivity contribution is 5.83. The van der Waals surface area contributed by atoms with Gasteiger partial charge in [0.2, 0.25) is 5.91 Å². The minimum absolute atomic E-state index is 0.159. The van der Waals surface area contributed by atoms with Crippen molar-refractivity contribution >= 4 is 5.91 Å². The molecule has 0 aliphatic rings. The van der Waals surface area contributed by atoms with Crippen LogP contribution in [0, 0.1) is 5.82 Å². The van der Waals surface area contributed by atoms with Crippen LogP contribution in [0.25, 0.3) is 0 Å². The lowest BCUT2D eigenvalue weighted by molar-refractivity contribution is -0.133. The summed E-state index contributed by atoms with van der Waals surface area (Å²) in [5.74, 6) is -0.462. The molecule has 2 aromatic rings. The van der Waals surface area contributed by atoms with Crippen LogP contribution in [0.1, 0.15) is 24.1 Å². The van der Waals surface area contributed by atoms with Gasteiger partial charge in [-0.2, -0.15) is 0 Å². The van der Waals surface area contributed by atoms with Crippen molar-refractivity contribution in [1.82, 2.24) is 4.90 Å². The highest BCUT2D eigenvalue weighted by Crippen LogP contribution is 2.15. The van der Waals surface area contributed by atoms with Crippen molar-refractivity contribution in [2.75, 3.05) is 6.54 Å². The van der Waals surface area contributed by atoms with Gasteiger partial charge < -0.3 is 10.6 Å². The van der Waals surface area contributed by atoms with E-state index in [0.717, 1.165) is 11.1 Å². The molecule has 2 N–H and O–H groups in total. The summed E-state index contributed by atoms with van der Waals surface area (Å²) in [6, 6.07) is 14.8. The molecule has 2 aromatic carbocycles. The first-order chi connectivity index (χ1) is 10.1. The van der Waals surface area contributed by atoms with Gasteiger partial charge in [0.15, 0.2) is 0 Å². The molecule has 0 saturated carbocycles. The monoisotopic (exact) mass is 286 g/mol. The SMILES string of the molecule is CCN(Cc1cccc(F)c1)C(=O)[C@H](N)c1ccccc1. The lowest BCUT2D eigenvalue weighted by Gasteiger charge is -2.24. The first-order valence-electron chi connectivity index (χ1n) is 6.95. The number of rotatable bonds is 5. The minimum Gasteiger partial charge on any atom is -0.337 e. The van der Waals surface area contributed by atoms with Gasteiger partial charge in [0.1, 0.15) is 11.9 Å². The van der Waals surface area contributed by atoms with Crippen LogP contribution >= 0.6 is 0 Å². The van der Waals surface area contributed by atoms with Crippen molar-refractivity contribution in [2.45, 2.75) is 19.5 Å². The third-order valence-corrected chi connectivity index (χ3v) is 3.38. The van der Waals surface area contributed by atoms with Crippen LogP contribution in [-0.4, -0.2) is 17.4 Å². The summed E-state index contributed by atoms with van der Waals surface area (Å²) >= 11 is 0. The smallest absolute Gasteiger partial charge is 0.244 e. The van der Waals surface area contributed by atoms with E-state index in [-0.39, 0.29) is 11.7 Å². The quantitative estimate of drug-likeness (QED) is 0.918. The first-order valence-corrected chi connectivity index (χ1v) is 6.95. The maximum atomic E-state index is 13.2. The fourth-order valence-corrected chi connectivity index (χ4v) is 2.20. The van der Waals surface area contributed by atoms with Crippen molar-refractivity contribution in [3.8, 4) is 0 Å². The van der Waals surface area contributed by atoms with E-state index >= 15 is 0 Å². The summed E-state index contributed by atoms with van der Waals surface area (Å²) in [6.45, 7) is 2.76. The van der Waals surface area contributed by atoms with E-state index in [1.807, 2.05) is 37.3 Å². The Kier molecular flexibility index (Phi) is 5.06. The van der Waals surface area contributed by atoms with Crippen LogP contribution in [0.4, 0.5) is 4.39 Å². The maximum Gasteiger partial charge on any atom is 0.244 e. The third-order valence-electron chi connectivity index (χ3n) is 3.38. The van der Waals surface area contributed by atoms with Crippen LogP contribution in [0.3, 0.4) is 0 Å². The molecule has 3 nitrogen and oxygen atoms in total. The number of halogens is 1. The zero-order chi connectivity index (χ0) is 15.2. The molecule has 0 unspecified atom stereocenters. The van der Waals surface area contributed by atoms with Crippen LogP contribution in [-0.2, 0) is 11.3 Å². The number of benzene rings is 2. The Balaban J connectivity index is 2.12. The molecule has 0 aliphatic heterocycles. The Labute approximate surface area is 124 Å². The number of nitrogens with zero attached hydrogens (tertiary/aromatic N) is 1. The summed E-state index contributed by atoms with van der Waals surface area (Å²) in [6.07, 6.45) is 0. The van der Waals surface area contributed by atoms with Gasteiger partial charge in [0.05, 0.1) is 0 Å². The molecule has 1 atom stereocenters. The van der Waals surface area contributed by atoms with Crippen molar-refractivity contribution < 1.29 is 9.18 Å². The molecule has 4 heteroatoms. The predicted molar refractivity (Wildman–Crippen MR) is 80.9 cm³/mol. The summed E-state index contributed by atoms with van der Waals surface area (Å²) < 4.78 is 13.2. The standard InChI is InChI=1S/C17H19FN2O/c1-2-20(12-13-7-6-10-15(18)11-13)17(21)16(19)14-8-4-3-5-9-14/h3-11,16H,2,12,19H2,1H3/t16-/m1/s1. The van der Waals surface area contributed by atoms with Gasteiger partial charge in [-0.3, -0.25) is 4.79 Å². The van der Waals surface area contributed by atoms with Gasteiger partial charge in [0.25, 0.3) is 0 Å². The summed E-state index contributed by atoms with van der Waals surface area (Å²) in [5.41, 5.74) is 7.57. The van der Waals surface area contributed by atoms with E-state index in [9.17, 15) is 9.18 Å². The molecule has 21 heavy (non-hydrogen) atoms. The van der Waals surface area contributed by atoms with Crippen molar-refractivity contribution in [1.29, 1.82) is 0 Å². The second-order valence-corrected chi connectivity index (χ2v) is 4.87. The highest BCUT2D eigenvalue weighted by Gasteiger charge is 2.21. The molecule has 2 rings (SSSR count). The Morgan fingerprint density at radius 1 is 1.19 bits per heavy atom. The molecule has 110 valence electrons. The fraction of sp³-hybridized carbons (Fsp3) is 0.235. The van der Waals surface area contributed by atoms with Gasteiger partial charge >= 0.3 is 0 Å². The maximum absolute atomic E-state index is 13.2. The van der Waals surface area contributed by atoms with Crippen molar-refractivity contribution in [2.24, 2.45) is 5.73 Å². The lowest BCUT2D eigenvalue weighted by atomic mass is 10.1. The summed E-state index contributed by atoms with van der Waals surface area (Å²) in [5, 5.41) is 0. The van der Waals surface area contributed by atoms with E-state index in [1.54, 1.807) is 17.0 Å². The third kappa shape index (κ3) is 3.89. The zero-order valence-corrected chi connectivity index (χ0v) is 12.0. The molecular weight excluding hydrogens is 267 g/mol. The van der Waals surface area contributed by atoms with Crippen LogP contribution in [0.15, 0.2) is 54.6 Å². The number of carbonyl (C=O) groups excluding carboxylic acids is 1. The summed E-state index contributed by atoms with van der Waals surface area (Å²) in [4.78, 5) is 14.1. The molecule has 0 saturated heterocycles. The van der Waals surface area contributed by atoms with E-state index in [4.69, 9.17) is 5.73 Å². The van der Waals surface area contributed by atoms with Gasteiger partial charge in [0, 0.05) is 13.1 Å². The van der Waals surface area contributed by atoms with Crippen molar-refractivity contribution in [3.63, 3.8) is 0 Å². The number of hydrogen-bond donors (Lipinski definition) is 1. The summed E-state index contributed by atoms with van der Waals surface area (Å²) in [7, 11) is 0. The Morgan fingerprint density at radius 2 is 1.90 bits per heavy atom. The van der Waals surface area contributed by atoms with Crippen LogP contribution in [0.2, 0.25) is 0 Å². The molecule has 0 heterocycles. The van der Waals surface area contributed by atoms with Gasteiger partial charge in [-0.15, -0.1) is 0 Å². The van der Waals surface area contributed by atoms with E-state index < -0.39 is 6.04 Å². The molecule has 0 bridgehead atoms. The number of amides is 1. The molecule has 1 amide bonds. The number of likely N-dealkylation sites (N-methyl/N-ethyl adjacent to an activating group) is 1. The minimum atomic E-state index is -0.695. The van der Waals surface area contributed by atoms with Crippen LogP contribution < -0.4 is 5.73 Å². The van der Waals surface area contributed by atoms with Gasteiger partial charge in [-0.1, -0.05) is 42.5 Å². The normalized spacial score (nSPS) is 12.0. The second-order valence-electron chi connectivity index (χ2n) is 4.87. The van der Waals surface area contributed by atoms with E-state index in [0.29, 0.717) is 13.1 Å². The molecule has 0 aliphatic carbocycles. The highest BCUT2D eigenvalue weighted by atomic mass is 19.1. The molecule has 0 fully saturated rings. The number of carbonyl (C=O) groups is 1. The topological polar surface area (TPSA) is 46.3 Å². The molecule has 0 aromatic heterocycles. The Hall–Kier alpha value is -2.20. The largest absolute Gasteiger partial charge is 0.337 e. The van der Waals surface area contributed by atoms with Crippen LogP contribution in [0.5, 0.6) is 0 Å². The number of nitrogens with two attached hydrogens (primary N) is 1. The van der Waals surface area contributed by atoms with Gasteiger partial charge in [-0.05, 0) is 30.2 Å². The lowest BCUT2D eigenvalue weighted by Crippen LogP contribution is -2.38. The zero-order valence-electron chi connectivity index (χ0n) is 12.0. The van der Waals surface area contributed by atoms with E-state index in [2.05, 4.69) is 0 Å². The first kappa shape index (κ1) is 15.2. The van der Waals surface area contributed by atoms with Gasteiger partial charge in [-0.25, -0.2) is 4.39 Å². The van der Waals surface area contributed by atoms with E-state index in [1.165, 1.54) is 12.1 Å². The molecule has 0 radical (unpaired) electrons. The number of hydrogen-bond acceptors (Lipinski definition) is 2. The molecular formula is C17H19FN2O. The van der Waals surface area contributed by atoms with Crippen molar-refractivity contribution in [3.05, 3.63) is 71.5 Å². The second kappa shape index (κ2) is 6.99. The average Bonchev–Trinajstić information content (AvgIpc) is 2.52. The predicted octanol–water partition coefficient (Wildman–Crippen LogP) is 2.87. The Bertz CT molecular complexity index is 601. The average molecular weight is 286 g/mol. The fourth-order valence-electron chi connectivity index (χ4n) is 2.20. The molecule has 0 spiro atoms.